The van der Waals surface area contributed by atoms with Crippen LogP contribution in [0.3, 0.4) is 0 Å². The third-order valence-electron chi connectivity index (χ3n) is 5.76. The SMILES string of the molecule is CC(C)CN(C(=O)CN1C(=O)NC(C)(c2ccc3ccccc3c2)C1=O)C1CC1. The van der Waals surface area contributed by atoms with Crippen molar-refractivity contribution in [3.63, 3.8) is 0 Å². The van der Waals surface area contributed by atoms with Gasteiger partial charge in [-0.05, 0) is 48.1 Å². The maximum atomic E-state index is 13.2. The summed E-state index contributed by atoms with van der Waals surface area (Å²) in [4.78, 5) is 41.6. The lowest BCUT2D eigenvalue weighted by molar-refractivity contribution is -0.139. The third-order valence-corrected chi connectivity index (χ3v) is 5.76. The van der Waals surface area contributed by atoms with Crippen molar-refractivity contribution in [1.82, 2.24) is 15.1 Å². The van der Waals surface area contributed by atoms with Gasteiger partial charge in [0, 0.05) is 12.6 Å². The van der Waals surface area contributed by atoms with E-state index in [0.717, 1.165) is 28.5 Å². The first kappa shape index (κ1) is 19.4. The second kappa shape index (κ2) is 7.17. The predicted molar refractivity (Wildman–Crippen MR) is 111 cm³/mol. The maximum absolute atomic E-state index is 13.2. The topological polar surface area (TPSA) is 69.7 Å². The predicted octanol–water partition coefficient (Wildman–Crippen LogP) is 3.25. The van der Waals surface area contributed by atoms with Gasteiger partial charge < -0.3 is 10.2 Å². The van der Waals surface area contributed by atoms with Crippen molar-refractivity contribution in [2.45, 2.75) is 45.2 Å². The quantitative estimate of drug-likeness (QED) is 0.766. The molecule has 6 nitrogen and oxygen atoms in total. The molecule has 152 valence electrons. The van der Waals surface area contributed by atoms with Gasteiger partial charge in [-0.15, -0.1) is 0 Å². The molecule has 0 spiro atoms. The van der Waals surface area contributed by atoms with Gasteiger partial charge in [0.05, 0.1) is 0 Å². The van der Waals surface area contributed by atoms with Gasteiger partial charge in [0.15, 0.2) is 0 Å². The van der Waals surface area contributed by atoms with Crippen molar-refractivity contribution < 1.29 is 14.4 Å². The largest absolute Gasteiger partial charge is 0.338 e. The van der Waals surface area contributed by atoms with Gasteiger partial charge in [-0.2, -0.15) is 0 Å². The van der Waals surface area contributed by atoms with Gasteiger partial charge in [-0.25, -0.2) is 4.79 Å². The molecule has 1 N–H and O–H groups in total. The summed E-state index contributed by atoms with van der Waals surface area (Å²) in [5.74, 6) is -0.204. The van der Waals surface area contributed by atoms with Crippen molar-refractivity contribution >= 4 is 28.6 Å². The monoisotopic (exact) mass is 393 g/mol. The molecule has 4 amide bonds. The van der Waals surface area contributed by atoms with Crippen LogP contribution in [0.2, 0.25) is 0 Å². The normalized spacial score (nSPS) is 21.7. The first-order valence-electron chi connectivity index (χ1n) is 10.2. The second-order valence-electron chi connectivity index (χ2n) is 8.68. The van der Waals surface area contributed by atoms with Gasteiger partial charge >= 0.3 is 6.03 Å². The van der Waals surface area contributed by atoms with Crippen LogP contribution >= 0.6 is 0 Å². The van der Waals surface area contributed by atoms with Crippen molar-refractivity contribution in [2.75, 3.05) is 13.1 Å². The average molecular weight is 393 g/mol. The van der Waals surface area contributed by atoms with Crippen LogP contribution in [0.5, 0.6) is 0 Å². The lowest BCUT2D eigenvalue weighted by atomic mass is 9.90. The molecule has 1 aliphatic heterocycles. The third kappa shape index (κ3) is 3.59. The standard InChI is InChI=1S/C23H27N3O3/c1-15(2)13-25(19-10-11-19)20(27)14-26-21(28)23(3,24-22(26)29)18-9-8-16-6-4-5-7-17(16)12-18/h4-9,12,15,19H,10-11,13-14H2,1-3H3,(H,24,29). The zero-order chi connectivity index (χ0) is 20.8. The number of urea groups is 1. The van der Waals surface area contributed by atoms with Crippen molar-refractivity contribution in [3.8, 4) is 0 Å². The zero-order valence-corrected chi connectivity index (χ0v) is 17.1. The Kier molecular flexibility index (Phi) is 4.81. The van der Waals surface area contributed by atoms with E-state index in [2.05, 4.69) is 19.2 Å². The van der Waals surface area contributed by atoms with E-state index >= 15 is 0 Å². The van der Waals surface area contributed by atoms with E-state index in [-0.39, 0.29) is 24.4 Å². The van der Waals surface area contributed by atoms with Crippen LogP contribution in [0.4, 0.5) is 4.79 Å². The summed E-state index contributed by atoms with van der Waals surface area (Å²) in [6.07, 6.45) is 1.99. The molecular formula is C23H27N3O3. The Bertz CT molecular complexity index is 982. The Morgan fingerprint density at radius 2 is 1.86 bits per heavy atom. The van der Waals surface area contributed by atoms with Crippen LogP contribution in [-0.4, -0.2) is 46.8 Å². The van der Waals surface area contributed by atoms with Crippen LogP contribution < -0.4 is 5.32 Å². The van der Waals surface area contributed by atoms with Gasteiger partial charge in [0.1, 0.15) is 12.1 Å². The number of carbonyl (C=O) groups is 3. The van der Waals surface area contributed by atoms with Crippen LogP contribution in [-0.2, 0) is 15.1 Å². The van der Waals surface area contributed by atoms with E-state index in [4.69, 9.17) is 0 Å². The molecule has 0 bridgehead atoms. The van der Waals surface area contributed by atoms with Gasteiger partial charge in [-0.3, -0.25) is 14.5 Å². The Morgan fingerprint density at radius 3 is 2.52 bits per heavy atom. The average Bonchev–Trinajstić information content (AvgIpc) is 3.50. The first-order valence-corrected chi connectivity index (χ1v) is 10.2. The molecule has 2 aliphatic rings. The highest BCUT2D eigenvalue weighted by molar-refractivity contribution is 6.09. The van der Waals surface area contributed by atoms with E-state index < -0.39 is 11.6 Å². The Morgan fingerprint density at radius 1 is 1.17 bits per heavy atom. The molecule has 0 aromatic heterocycles. The van der Waals surface area contributed by atoms with Crippen LogP contribution in [0.1, 0.15) is 39.2 Å². The fraction of sp³-hybridized carbons (Fsp3) is 0.435. The Hall–Kier alpha value is -2.89. The molecular weight excluding hydrogens is 366 g/mol. The summed E-state index contributed by atoms with van der Waals surface area (Å²) < 4.78 is 0. The molecule has 2 aromatic carbocycles. The molecule has 2 aromatic rings. The molecule has 29 heavy (non-hydrogen) atoms. The summed E-state index contributed by atoms with van der Waals surface area (Å²) in [7, 11) is 0. The fourth-order valence-corrected chi connectivity index (χ4v) is 4.00. The van der Waals surface area contributed by atoms with E-state index in [9.17, 15) is 14.4 Å². The fourth-order valence-electron chi connectivity index (χ4n) is 4.00. The number of amides is 4. The van der Waals surface area contributed by atoms with Crippen LogP contribution in [0.15, 0.2) is 42.5 Å². The van der Waals surface area contributed by atoms with Crippen LogP contribution in [0.25, 0.3) is 10.8 Å². The smallest absolute Gasteiger partial charge is 0.325 e. The molecule has 1 saturated carbocycles. The lowest BCUT2D eigenvalue weighted by Gasteiger charge is -2.27. The summed E-state index contributed by atoms with van der Waals surface area (Å²) in [5.41, 5.74) is -0.463. The van der Waals surface area contributed by atoms with Gasteiger partial charge in [-0.1, -0.05) is 50.2 Å². The zero-order valence-electron chi connectivity index (χ0n) is 17.1. The molecule has 0 radical (unpaired) electrons. The summed E-state index contributed by atoms with van der Waals surface area (Å²) in [5, 5.41) is 4.87. The van der Waals surface area contributed by atoms with Gasteiger partial charge in [0.25, 0.3) is 5.91 Å². The summed E-state index contributed by atoms with van der Waals surface area (Å²) in [6, 6.07) is 13.3. The highest BCUT2D eigenvalue weighted by atomic mass is 16.2. The number of rotatable bonds is 6. The number of benzene rings is 2. The number of hydrogen-bond donors (Lipinski definition) is 1. The number of fused-ring (bicyclic) bond motifs is 1. The minimum atomic E-state index is -1.18. The molecule has 2 fully saturated rings. The molecule has 1 aliphatic carbocycles. The van der Waals surface area contributed by atoms with Crippen LogP contribution in [0, 0.1) is 5.92 Å². The lowest BCUT2D eigenvalue weighted by Crippen LogP contribution is -2.46. The molecule has 1 saturated heterocycles. The Balaban J connectivity index is 1.56. The first-order chi connectivity index (χ1) is 13.8. The van der Waals surface area contributed by atoms with E-state index in [1.54, 1.807) is 6.92 Å². The molecule has 1 atom stereocenters. The highest BCUT2D eigenvalue weighted by Gasteiger charge is 2.50. The van der Waals surface area contributed by atoms with E-state index in [1.807, 2.05) is 47.4 Å². The maximum Gasteiger partial charge on any atom is 0.325 e. The molecule has 6 heteroatoms. The van der Waals surface area contributed by atoms with Crippen molar-refractivity contribution in [2.24, 2.45) is 5.92 Å². The molecule has 1 unspecified atom stereocenters. The second-order valence-corrected chi connectivity index (χ2v) is 8.68. The number of imide groups is 1. The summed E-state index contributed by atoms with van der Waals surface area (Å²) >= 11 is 0. The molecule has 4 rings (SSSR count). The van der Waals surface area contributed by atoms with Gasteiger partial charge in [0.2, 0.25) is 5.91 Å². The number of carbonyl (C=O) groups excluding carboxylic acids is 3. The number of nitrogens with zero attached hydrogens (tertiary/aromatic N) is 2. The summed E-state index contributed by atoms with van der Waals surface area (Å²) in [6.45, 7) is 6.26. The highest BCUT2D eigenvalue weighted by Crippen LogP contribution is 2.32. The van der Waals surface area contributed by atoms with E-state index in [1.165, 1.54) is 0 Å². The number of hydrogen-bond acceptors (Lipinski definition) is 3. The Labute approximate surface area is 170 Å². The molecule has 1 heterocycles. The minimum absolute atomic E-state index is 0.160. The minimum Gasteiger partial charge on any atom is -0.338 e. The van der Waals surface area contributed by atoms with Crippen molar-refractivity contribution in [3.05, 3.63) is 48.0 Å². The van der Waals surface area contributed by atoms with E-state index in [0.29, 0.717) is 18.0 Å². The number of nitrogens with one attached hydrogen (secondary N) is 1. The van der Waals surface area contributed by atoms with Crippen molar-refractivity contribution in [1.29, 1.82) is 0 Å².